The average Bonchev–Trinajstić information content (AvgIpc) is 2.75. The first-order chi connectivity index (χ1) is 8.84. The molecule has 0 radical (unpaired) electrons. The Hall–Kier alpha value is -2.62. The first kappa shape index (κ1) is 10.5. The average molecular weight is 237 g/mol. The van der Waals surface area contributed by atoms with Gasteiger partial charge in [0.15, 0.2) is 11.6 Å². The number of benzene rings is 2. The molecule has 0 saturated carbocycles. The van der Waals surface area contributed by atoms with Crippen molar-refractivity contribution < 1.29 is 5.11 Å². The van der Waals surface area contributed by atoms with E-state index < -0.39 is 0 Å². The highest BCUT2D eigenvalue weighted by atomic mass is 16.3. The number of azo groups is 1. The first-order valence-electron chi connectivity index (χ1n) is 5.61. The summed E-state index contributed by atoms with van der Waals surface area (Å²) in [6, 6.07) is 16.9. The largest absolute Gasteiger partial charge is 0.504 e. The zero-order valence-corrected chi connectivity index (χ0v) is 9.54. The lowest BCUT2D eigenvalue weighted by Crippen LogP contribution is -1.64. The van der Waals surface area contributed by atoms with Crippen molar-refractivity contribution in [2.24, 2.45) is 10.2 Å². The number of fused-ring (bicyclic) bond motifs is 1. The molecule has 0 saturated heterocycles. The number of nitrogens with one attached hydrogen (secondary N) is 1. The highest BCUT2D eigenvalue weighted by Crippen LogP contribution is 2.35. The van der Waals surface area contributed by atoms with Gasteiger partial charge in [-0.1, -0.05) is 30.3 Å². The van der Waals surface area contributed by atoms with Gasteiger partial charge >= 0.3 is 0 Å². The normalized spacial score (nSPS) is 11.3. The van der Waals surface area contributed by atoms with Crippen molar-refractivity contribution in [3.05, 3.63) is 54.6 Å². The molecule has 0 aliphatic heterocycles. The molecule has 2 N–H and O–H groups in total. The third-order valence-electron chi connectivity index (χ3n) is 2.68. The molecular weight excluding hydrogens is 226 g/mol. The fourth-order valence-electron chi connectivity index (χ4n) is 1.79. The molecule has 0 atom stereocenters. The van der Waals surface area contributed by atoms with E-state index in [4.69, 9.17) is 0 Å². The van der Waals surface area contributed by atoms with Gasteiger partial charge in [0.2, 0.25) is 0 Å². The van der Waals surface area contributed by atoms with E-state index in [0.29, 0.717) is 5.82 Å². The fourth-order valence-corrected chi connectivity index (χ4v) is 1.79. The van der Waals surface area contributed by atoms with Crippen LogP contribution < -0.4 is 0 Å². The van der Waals surface area contributed by atoms with Crippen LogP contribution in [0.2, 0.25) is 0 Å². The lowest BCUT2D eigenvalue weighted by Gasteiger charge is -1.90. The van der Waals surface area contributed by atoms with Gasteiger partial charge in [-0.15, -0.1) is 10.2 Å². The van der Waals surface area contributed by atoms with E-state index in [0.717, 1.165) is 16.6 Å². The van der Waals surface area contributed by atoms with E-state index in [1.54, 1.807) is 0 Å². The van der Waals surface area contributed by atoms with Crippen LogP contribution in [0.4, 0.5) is 11.5 Å². The minimum atomic E-state index is 0.130. The summed E-state index contributed by atoms with van der Waals surface area (Å²) in [6.07, 6.45) is 0. The molecule has 3 rings (SSSR count). The lowest BCUT2D eigenvalue weighted by atomic mass is 10.2. The Morgan fingerprint density at radius 1 is 0.833 bits per heavy atom. The molecule has 1 aromatic heterocycles. The van der Waals surface area contributed by atoms with E-state index in [1.807, 2.05) is 54.6 Å². The predicted octanol–water partition coefficient (Wildman–Crippen LogP) is 4.29. The van der Waals surface area contributed by atoms with Gasteiger partial charge in [0.05, 0.1) is 11.2 Å². The number of H-pyrrole nitrogens is 1. The molecule has 0 aliphatic rings. The maximum Gasteiger partial charge on any atom is 0.196 e. The van der Waals surface area contributed by atoms with Crippen LogP contribution in [0.25, 0.3) is 10.9 Å². The summed E-state index contributed by atoms with van der Waals surface area (Å²) in [6.45, 7) is 0. The molecule has 0 bridgehead atoms. The summed E-state index contributed by atoms with van der Waals surface area (Å²) < 4.78 is 0. The molecule has 0 fully saturated rings. The summed E-state index contributed by atoms with van der Waals surface area (Å²) >= 11 is 0. The summed E-state index contributed by atoms with van der Waals surface area (Å²) in [5, 5.41) is 18.8. The number of para-hydroxylation sites is 1. The van der Waals surface area contributed by atoms with E-state index in [2.05, 4.69) is 15.2 Å². The van der Waals surface area contributed by atoms with Crippen LogP contribution in [0.3, 0.4) is 0 Å². The second-order valence-corrected chi connectivity index (χ2v) is 3.90. The van der Waals surface area contributed by atoms with Crippen LogP contribution in [0.5, 0.6) is 5.75 Å². The molecular formula is C14H11N3O. The Bertz CT molecular complexity index is 701. The number of nitrogens with zero attached hydrogens (tertiary/aromatic N) is 2. The van der Waals surface area contributed by atoms with E-state index in [-0.39, 0.29) is 5.75 Å². The van der Waals surface area contributed by atoms with Gasteiger partial charge in [-0.3, -0.25) is 0 Å². The summed E-state index contributed by atoms with van der Waals surface area (Å²) in [7, 11) is 0. The second-order valence-electron chi connectivity index (χ2n) is 3.90. The van der Waals surface area contributed by atoms with Crippen molar-refractivity contribution in [3.63, 3.8) is 0 Å². The van der Waals surface area contributed by atoms with E-state index in [9.17, 15) is 5.11 Å². The number of aromatic hydroxyl groups is 1. The molecule has 88 valence electrons. The molecule has 0 amide bonds. The van der Waals surface area contributed by atoms with Gasteiger partial charge in [-0.2, -0.15) is 0 Å². The van der Waals surface area contributed by atoms with Gasteiger partial charge in [0.1, 0.15) is 0 Å². The fraction of sp³-hybridized carbons (Fsp3) is 0. The van der Waals surface area contributed by atoms with Crippen molar-refractivity contribution in [3.8, 4) is 5.75 Å². The molecule has 1 heterocycles. The molecule has 0 spiro atoms. The Morgan fingerprint density at radius 2 is 1.56 bits per heavy atom. The second kappa shape index (κ2) is 4.33. The van der Waals surface area contributed by atoms with Gasteiger partial charge < -0.3 is 10.1 Å². The monoisotopic (exact) mass is 237 g/mol. The zero-order chi connectivity index (χ0) is 12.4. The molecule has 3 aromatic rings. The Labute approximate surface area is 104 Å². The third-order valence-corrected chi connectivity index (χ3v) is 2.68. The van der Waals surface area contributed by atoms with Gasteiger partial charge in [0.25, 0.3) is 0 Å². The number of hydrogen-bond donors (Lipinski definition) is 2. The predicted molar refractivity (Wildman–Crippen MR) is 70.6 cm³/mol. The Balaban J connectivity index is 2.00. The highest BCUT2D eigenvalue weighted by molar-refractivity contribution is 5.90. The minimum absolute atomic E-state index is 0.130. The third kappa shape index (κ3) is 1.84. The van der Waals surface area contributed by atoms with Crippen LogP contribution >= 0.6 is 0 Å². The molecule has 4 nitrogen and oxygen atoms in total. The van der Waals surface area contributed by atoms with Crippen molar-refractivity contribution in [1.82, 2.24) is 4.98 Å². The number of rotatable bonds is 2. The number of aromatic amines is 1. The van der Waals surface area contributed by atoms with Crippen LogP contribution in [-0.2, 0) is 0 Å². The zero-order valence-electron chi connectivity index (χ0n) is 9.54. The van der Waals surface area contributed by atoms with Gasteiger partial charge in [-0.05, 0) is 24.3 Å². The molecule has 2 aromatic carbocycles. The minimum Gasteiger partial charge on any atom is -0.504 e. The van der Waals surface area contributed by atoms with Crippen molar-refractivity contribution in [2.45, 2.75) is 0 Å². The van der Waals surface area contributed by atoms with Crippen LogP contribution in [-0.4, -0.2) is 10.1 Å². The molecule has 18 heavy (non-hydrogen) atoms. The maximum atomic E-state index is 9.98. The SMILES string of the molecule is Oc1c(N=Nc2ccccc2)[nH]c2ccccc12. The van der Waals surface area contributed by atoms with E-state index >= 15 is 0 Å². The topological polar surface area (TPSA) is 60.7 Å². The Morgan fingerprint density at radius 3 is 2.33 bits per heavy atom. The standard InChI is InChI=1S/C14H11N3O/c18-13-11-8-4-5-9-12(11)15-14(13)17-16-10-6-2-1-3-7-10/h1-9,15,18H. The van der Waals surface area contributed by atoms with E-state index in [1.165, 1.54) is 0 Å². The molecule has 4 heteroatoms. The van der Waals surface area contributed by atoms with Crippen molar-refractivity contribution in [2.75, 3.05) is 0 Å². The first-order valence-corrected chi connectivity index (χ1v) is 5.61. The van der Waals surface area contributed by atoms with Gasteiger partial charge in [-0.25, -0.2) is 0 Å². The molecule has 0 unspecified atom stereocenters. The maximum absolute atomic E-state index is 9.98. The number of aromatic nitrogens is 1. The quantitative estimate of drug-likeness (QED) is 0.642. The summed E-state index contributed by atoms with van der Waals surface area (Å²) in [5.41, 5.74) is 1.59. The van der Waals surface area contributed by atoms with Crippen LogP contribution in [0.1, 0.15) is 0 Å². The molecule has 0 aliphatic carbocycles. The number of hydrogen-bond acceptors (Lipinski definition) is 3. The Kier molecular flexibility index (Phi) is 2.53. The smallest absolute Gasteiger partial charge is 0.196 e. The summed E-state index contributed by atoms with van der Waals surface area (Å²) in [5.74, 6) is 0.505. The summed E-state index contributed by atoms with van der Waals surface area (Å²) in [4.78, 5) is 3.02. The van der Waals surface area contributed by atoms with Crippen molar-refractivity contribution >= 4 is 22.4 Å². The van der Waals surface area contributed by atoms with Crippen LogP contribution in [0, 0.1) is 0 Å². The van der Waals surface area contributed by atoms with Crippen molar-refractivity contribution in [1.29, 1.82) is 0 Å². The van der Waals surface area contributed by atoms with Gasteiger partial charge in [0, 0.05) is 5.39 Å². The van der Waals surface area contributed by atoms with Crippen LogP contribution in [0.15, 0.2) is 64.8 Å². The lowest BCUT2D eigenvalue weighted by molar-refractivity contribution is 0.482. The highest BCUT2D eigenvalue weighted by Gasteiger charge is 2.08.